The van der Waals surface area contributed by atoms with Crippen LogP contribution in [0.25, 0.3) is 0 Å². The van der Waals surface area contributed by atoms with Crippen LogP contribution in [0.1, 0.15) is 12.8 Å². The lowest BCUT2D eigenvalue weighted by atomic mass is 10.1. The molecule has 2 aliphatic rings. The number of aliphatic carboxylic acids is 1. The van der Waals surface area contributed by atoms with Crippen LogP contribution in [-0.2, 0) is 9.59 Å². The monoisotopic (exact) mass is 222 g/mol. The molecule has 0 fully saturated rings. The Kier molecular flexibility index (Phi) is 2.51. The van der Waals surface area contributed by atoms with Gasteiger partial charge in [0.25, 0.3) is 5.91 Å². The molecule has 2 heterocycles. The van der Waals surface area contributed by atoms with E-state index >= 15 is 0 Å². The maximum Gasteiger partial charge on any atom is 0.303 e. The first-order valence-electron chi connectivity index (χ1n) is 4.77. The SMILES string of the molecule is CN1N=CC2C(=O)N=C(CCC(=O)O)N=C21. The number of fused-ring (bicyclic) bond motifs is 1. The summed E-state index contributed by atoms with van der Waals surface area (Å²) < 4.78 is 0. The van der Waals surface area contributed by atoms with Gasteiger partial charge in [0.05, 0.1) is 6.42 Å². The third-order valence-electron chi connectivity index (χ3n) is 2.31. The van der Waals surface area contributed by atoms with Crippen molar-refractivity contribution >= 4 is 29.8 Å². The maximum absolute atomic E-state index is 11.5. The summed E-state index contributed by atoms with van der Waals surface area (Å²) in [4.78, 5) is 29.8. The third kappa shape index (κ3) is 1.83. The van der Waals surface area contributed by atoms with Crippen molar-refractivity contribution in [3.8, 4) is 0 Å². The molecule has 7 heteroatoms. The van der Waals surface area contributed by atoms with Crippen LogP contribution in [0.2, 0.25) is 0 Å². The van der Waals surface area contributed by atoms with Crippen LogP contribution in [0, 0.1) is 5.92 Å². The number of nitrogens with zero attached hydrogens (tertiary/aromatic N) is 4. The van der Waals surface area contributed by atoms with Crippen LogP contribution < -0.4 is 0 Å². The molecule has 16 heavy (non-hydrogen) atoms. The molecule has 0 saturated heterocycles. The standard InChI is InChI=1S/C9H10N4O3/c1-13-8-5(4-10-13)9(16)12-6(11-8)2-3-7(14)15/h4-5H,2-3H2,1H3,(H,14,15). The summed E-state index contributed by atoms with van der Waals surface area (Å²) in [7, 11) is 1.68. The second kappa shape index (κ2) is 3.84. The average Bonchev–Trinajstić information content (AvgIpc) is 2.58. The van der Waals surface area contributed by atoms with E-state index < -0.39 is 11.9 Å². The second-order valence-corrected chi connectivity index (χ2v) is 3.50. The molecule has 0 spiro atoms. The number of amidine groups is 2. The second-order valence-electron chi connectivity index (χ2n) is 3.50. The highest BCUT2D eigenvalue weighted by Crippen LogP contribution is 2.17. The summed E-state index contributed by atoms with van der Waals surface area (Å²) in [5.74, 6) is -0.998. The fourth-order valence-corrected chi connectivity index (χ4v) is 1.49. The first-order chi connectivity index (χ1) is 7.58. The van der Waals surface area contributed by atoms with Crippen molar-refractivity contribution in [3.63, 3.8) is 0 Å². The molecule has 0 saturated carbocycles. The highest BCUT2D eigenvalue weighted by molar-refractivity contribution is 6.24. The fraction of sp³-hybridized carbons (Fsp3) is 0.444. The molecule has 2 rings (SSSR count). The van der Waals surface area contributed by atoms with E-state index in [1.165, 1.54) is 11.2 Å². The van der Waals surface area contributed by atoms with Gasteiger partial charge in [-0.05, 0) is 0 Å². The van der Waals surface area contributed by atoms with E-state index in [0.717, 1.165) is 0 Å². The highest BCUT2D eigenvalue weighted by Gasteiger charge is 2.33. The Morgan fingerprint density at radius 1 is 1.56 bits per heavy atom. The summed E-state index contributed by atoms with van der Waals surface area (Å²) in [6.07, 6.45) is 1.56. The van der Waals surface area contributed by atoms with Crippen LogP contribution in [0.5, 0.6) is 0 Å². The molecule has 84 valence electrons. The van der Waals surface area contributed by atoms with Gasteiger partial charge in [-0.25, -0.2) is 4.99 Å². The summed E-state index contributed by atoms with van der Waals surface area (Å²) in [6.45, 7) is 0. The van der Waals surface area contributed by atoms with Gasteiger partial charge in [-0.15, -0.1) is 0 Å². The van der Waals surface area contributed by atoms with E-state index in [9.17, 15) is 9.59 Å². The maximum atomic E-state index is 11.5. The Morgan fingerprint density at radius 2 is 2.31 bits per heavy atom. The molecule has 0 bridgehead atoms. The Morgan fingerprint density at radius 3 is 3.00 bits per heavy atom. The largest absolute Gasteiger partial charge is 0.481 e. The number of rotatable bonds is 3. The summed E-state index contributed by atoms with van der Waals surface area (Å²) >= 11 is 0. The first kappa shape index (κ1) is 10.5. The van der Waals surface area contributed by atoms with Gasteiger partial charge >= 0.3 is 5.97 Å². The molecule has 1 amide bonds. The van der Waals surface area contributed by atoms with Crippen LogP contribution in [0.15, 0.2) is 15.1 Å². The van der Waals surface area contributed by atoms with Gasteiger partial charge in [0, 0.05) is 19.7 Å². The molecule has 0 aliphatic carbocycles. The molecule has 0 radical (unpaired) electrons. The van der Waals surface area contributed by atoms with Gasteiger partial charge in [0.1, 0.15) is 17.6 Å². The minimum atomic E-state index is -0.937. The van der Waals surface area contributed by atoms with Gasteiger partial charge < -0.3 is 5.11 Å². The lowest BCUT2D eigenvalue weighted by molar-refractivity contribution is -0.136. The lowest BCUT2D eigenvalue weighted by Gasteiger charge is -2.16. The van der Waals surface area contributed by atoms with Gasteiger partial charge in [-0.3, -0.25) is 14.6 Å². The molecule has 0 aromatic heterocycles. The van der Waals surface area contributed by atoms with Crippen molar-refractivity contribution in [2.45, 2.75) is 12.8 Å². The van der Waals surface area contributed by atoms with Crippen molar-refractivity contribution < 1.29 is 14.7 Å². The molecule has 0 aromatic rings. The van der Waals surface area contributed by atoms with Crippen molar-refractivity contribution in [1.82, 2.24) is 5.01 Å². The lowest BCUT2D eigenvalue weighted by Crippen LogP contribution is -2.33. The molecular formula is C9H10N4O3. The quantitative estimate of drug-likeness (QED) is 0.711. The number of hydrogen-bond acceptors (Lipinski definition) is 5. The van der Waals surface area contributed by atoms with Crippen LogP contribution >= 0.6 is 0 Å². The van der Waals surface area contributed by atoms with Gasteiger partial charge in [-0.2, -0.15) is 10.1 Å². The summed E-state index contributed by atoms with van der Waals surface area (Å²) in [5, 5.41) is 14.0. The van der Waals surface area contributed by atoms with Crippen molar-refractivity contribution in [1.29, 1.82) is 0 Å². The number of carbonyl (C=O) groups is 2. The third-order valence-corrected chi connectivity index (χ3v) is 2.31. The average molecular weight is 222 g/mol. The number of carbonyl (C=O) groups excluding carboxylic acids is 1. The fourth-order valence-electron chi connectivity index (χ4n) is 1.49. The number of hydrazone groups is 1. The number of aliphatic imine (C=N–C) groups is 2. The molecule has 7 nitrogen and oxygen atoms in total. The molecule has 2 aliphatic heterocycles. The number of hydrogen-bond donors (Lipinski definition) is 1. The van der Waals surface area contributed by atoms with Crippen LogP contribution in [0.4, 0.5) is 0 Å². The van der Waals surface area contributed by atoms with Crippen molar-refractivity contribution in [2.24, 2.45) is 21.0 Å². The molecule has 0 aromatic carbocycles. The van der Waals surface area contributed by atoms with E-state index in [1.54, 1.807) is 7.05 Å². The number of carboxylic acid groups (broad SMARTS) is 1. The van der Waals surface area contributed by atoms with E-state index in [1.807, 2.05) is 0 Å². The van der Waals surface area contributed by atoms with Gasteiger partial charge in [0.2, 0.25) is 0 Å². The zero-order valence-corrected chi connectivity index (χ0v) is 8.62. The number of amides is 1. The molecule has 1 unspecified atom stereocenters. The number of carboxylic acids is 1. The smallest absolute Gasteiger partial charge is 0.303 e. The minimum Gasteiger partial charge on any atom is -0.481 e. The summed E-state index contributed by atoms with van der Waals surface area (Å²) in [6, 6.07) is 0. The van der Waals surface area contributed by atoms with E-state index in [0.29, 0.717) is 5.84 Å². The Labute approximate surface area is 91.2 Å². The topological polar surface area (TPSA) is 94.7 Å². The van der Waals surface area contributed by atoms with Gasteiger partial charge in [-0.1, -0.05) is 0 Å². The Hall–Kier alpha value is -2.05. The highest BCUT2D eigenvalue weighted by atomic mass is 16.4. The Balaban J connectivity index is 2.15. The normalized spacial score (nSPS) is 22.9. The predicted octanol–water partition coefficient (Wildman–Crippen LogP) is -0.264. The van der Waals surface area contributed by atoms with Crippen LogP contribution in [0.3, 0.4) is 0 Å². The first-order valence-corrected chi connectivity index (χ1v) is 4.77. The van der Waals surface area contributed by atoms with E-state index in [2.05, 4.69) is 15.1 Å². The summed E-state index contributed by atoms with van der Waals surface area (Å²) in [5.41, 5.74) is 0. The zero-order chi connectivity index (χ0) is 11.7. The van der Waals surface area contributed by atoms with Crippen LogP contribution in [-0.4, -0.2) is 46.9 Å². The van der Waals surface area contributed by atoms with Gasteiger partial charge in [0.15, 0.2) is 0 Å². The molecular weight excluding hydrogens is 212 g/mol. The predicted molar refractivity (Wildman–Crippen MR) is 56.5 cm³/mol. The van der Waals surface area contributed by atoms with Crippen molar-refractivity contribution in [2.75, 3.05) is 7.05 Å². The van der Waals surface area contributed by atoms with E-state index in [-0.39, 0.29) is 24.6 Å². The zero-order valence-electron chi connectivity index (χ0n) is 8.62. The van der Waals surface area contributed by atoms with E-state index in [4.69, 9.17) is 5.11 Å². The Bertz CT molecular complexity index is 438. The molecule has 1 atom stereocenters. The van der Waals surface area contributed by atoms with Crippen molar-refractivity contribution in [3.05, 3.63) is 0 Å². The minimum absolute atomic E-state index is 0.0852. The molecule has 1 N–H and O–H groups in total.